The Bertz CT molecular complexity index is 238. The molecule has 0 aliphatic heterocycles. The van der Waals surface area contributed by atoms with Gasteiger partial charge in [-0.1, -0.05) is 19.8 Å². The van der Waals surface area contributed by atoms with Crippen molar-refractivity contribution in [2.45, 2.75) is 57.2 Å². The zero-order chi connectivity index (χ0) is 13.6. The van der Waals surface area contributed by atoms with Gasteiger partial charge in [-0.2, -0.15) is 0 Å². The first-order valence-electron chi connectivity index (χ1n) is 7.14. The molecule has 3 unspecified atom stereocenters. The minimum atomic E-state index is -0.0142. The second-order valence-electron chi connectivity index (χ2n) is 5.37. The van der Waals surface area contributed by atoms with Gasteiger partial charge in [0.1, 0.15) is 0 Å². The third kappa shape index (κ3) is 3.05. The largest absolute Gasteiger partial charge is 0.383 e. The molecule has 0 aromatic rings. The molecule has 0 aromatic carbocycles. The predicted molar refractivity (Wildman–Crippen MR) is 74.8 cm³/mol. The molecule has 0 saturated heterocycles. The van der Waals surface area contributed by atoms with Crippen molar-refractivity contribution in [1.29, 1.82) is 0 Å². The van der Waals surface area contributed by atoms with Crippen molar-refractivity contribution in [1.82, 2.24) is 4.90 Å². The van der Waals surface area contributed by atoms with E-state index in [9.17, 15) is 0 Å². The van der Waals surface area contributed by atoms with E-state index in [1.54, 1.807) is 7.11 Å². The first kappa shape index (κ1) is 15.9. The molecule has 108 valence electrons. The molecule has 0 spiro atoms. The highest BCUT2D eigenvalue weighted by molar-refractivity contribution is 5.02. The topological polar surface area (TPSA) is 47.7 Å². The van der Waals surface area contributed by atoms with Crippen LogP contribution in [-0.4, -0.2) is 56.5 Å². The molecule has 1 fully saturated rings. The van der Waals surface area contributed by atoms with E-state index in [1.165, 1.54) is 12.8 Å². The summed E-state index contributed by atoms with van der Waals surface area (Å²) >= 11 is 0. The van der Waals surface area contributed by atoms with Gasteiger partial charge < -0.3 is 15.2 Å². The fraction of sp³-hybridized carbons (Fsp3) is 1.00. The Morgan fingerprint density at radius 2 is 2.11 bits per heavy atom. The Morgan fingerprint density at radius 1 is 1.39 bits per heavy atom. The molecule has 2 N–H and O–H groups in total. The van der Waals surface area contributed by atoms with Gasteiger partial charge in [-0.15, -0.1) is 0 Å². The van der Waals surface area contributed by atoms with Crippen molar-refractivity contribution in [3.8, 4) is 0 Å². The van der Waals surface area contributed by atoms with Gasteiger partial charge in [0.15, 0.2) is 0 Å². The van der Waals surface area contributed by atoms with Crippen LogP contribution in [0.5, 0.6) is 0 Å². The SMILES string of the molecule is CCN(C(C)COC)C1(CN)CCCCC1OC. The van der Waals surface area contributed by atoms with E-state index >= 15 is 0 Å². The van der Waals surface area contributed by atoms with Gasteiger partial charge in [0.2, 0.25) is 0 Å². The molecule has 1 rings (SSSR count). The summed E-state index contributed by atoms with van der Waals surface area (Å²) in [4.78, 5) is 2.49. The maximum atomic E-state index is 6.15. The van der Waals surface area contributed by atoms with Crippen LogP contribution >= 0.6 is 0 Å². The first-order chi connectivity index (χ1) is 8.66. The standard InChI is InChI=1S/C14H30N2O2/c1-5-16(12(2)10-17-3)14(11-15)9-7-6-8-13(14)18-4/h12-13H,5-11,15H2,1-4H3. The summed E-state index contributed by atoms with van der Waals surface area (Å²) in [7, 11) is 3.57. The number of nitrogens with two attached hydrogens (primary N) is 1. The normalized spacial score (nSPS) is 30.7. The van der Waals surface area contributed by atoms with Gasteiger partial charge in [0.05, 0.1) is 18.2 Å². The third-order valence-electron chi connectivity index (χ3n) is 4.42. The zero-order valence-corrected chi connectivity index (χ0v) is 12.4. The second kappa shape index (κ2) is 7.43. The minimum Gasteiger partial charge on any atom is -0.383 e. The number of methoxy groups -OCH3 is 2. The number of ether oxygens (including phenoxy) is 2. The van der Waals surface area contributed by atoms with Crippen LogP contribution in [0.15, 0.2) is 0 Å². The lowest BCUT2D eigenvalue weighted by Gasteiger charge is -2.52. The highest BCUT2D eigenvalue weighted by atomic mass is 16.5. The third-order valence-corrected chi connectivity index (χ3v) is 4.42. The molecule has 4 heteroatoms. The lowest BCUT2D eigenvalue weighted by atomic mass is 9.77. The Hall–Kier alpha value is -0.160. The van der Waals surface area contributed by atoms with E-state index in [-0.39, 0.29) is 11.6 Å². The quantitative estimate of drug-likeness (QED) is 0.754. The minimum absolute atomic E-state index is 0.0142. The number of hydrogen-bond donors (Lipinski definition) is 1. The van der Waals surface area contributed by atoms with Crippen molar-refractivity contribution < 1.29 is 9.47 Å². The van der Waals surface area contributed by atoms with Crippen LogP contribution in [0.3, 0.4) is 0 Å². The Morgan fingerprint density at radius 3 is 2.61 bits per heavy atom. The molecular weight excluding hydrogens is 228 g/mol. The van der Waals surface area contributed by atoms with Crippen LogP contribution in [-0.2, 0) is 9.47 Å². The average molecular weight is 258 g/mol. The maximum absolute atomic E-state index is 6.15. The van der Waals surface area contributed by atoms with E-state index in [0.29, 0.717) is 12.6 Å². The van der Waals surface area contributed by atoms with Gasteiger partial charge in [-0.3, -0.25) is 4.90 Å². The highest BCUT2D eigenvalue weighted by Crippen LogP contribution is 2.36. The average Bonchev–Trinajstić information content (AvgIpc) is 2.40. The number of nitrogens with zero attached hydrogens (tertiary/aromatic N) is 1. The van der Waals surface area contributed by atoms with Crippen LogP contribution in [0.1, 0.15) is 39.5 Å². The lowest BCUT2D eigenvalue weighted by Crippen LogP contribution is -2.65. The van der Waals surface area contributed by atoms with E-state index in [0.717, 1.165) is 26.0 Å². The molecule has 1 saturated carbocycles. The van der Waals surface area contributed by atoms with Gasteiger partial charge in [0.25, 0.3) is 0 Å². The van der Waals surface area contributed by atoms with E-state index in [4.69, 9.17) is 15.2 Å². The van der Waals surface area contributed by atoms with Gasteiger partial charge in [0, 0.05) is 26.8 Å². The molecule has 18 heavy (non-hydrogen) atoms. The summed E-state index contributed by atoms with van der Waals surface area (Å²) in [6.07, 6.45) is 4.98. The maximum Gasteiger partial charge on any atom is 0.0767 e. The molecule has 0 amide bonds. The molecule has 3 atom stereocenters. The Kier molecular flexibility index (Phi) is 6.57. The number of hydrogen-bond acceptors (Lipinski definition) is 4. The molecule has 0 bridgehead atoms. The fourth-order valence-corrected chi connectivity index (χ4v) is 3.60. The summed E-state index contributed by atoms with van der Waals surface area (Å²) in [5.41, 5.74) is 6.14. The van der Waals surface area contributed by atoms with Crippen molar-refractivity contribution in [3.05, 3.63) is 0 Å². The van der Waals surface area contributed by atoms with Crippen LogP contribution < -0.4 is 5.73 Å². The Labute approximate surface area is 112 Å². The highest BCUT2D eigenvalue weighted by Gasteiger charge is 2.45. The molecule has 1 aliphatic rings. The van der Waals surface area contributed by atoms with Gasteiger partial charge in [-0.25, -0.2) is 0 Å². The summed E-state index contributed by atoms with van der Waals surface area (Å²) in [6.45, 7) is 6.80. The number of rotatable bonds is 7. The van der Waals surface area contributed by atoms with Crippen molar-refractivity contribution in [3.63, 3.8) is 0 Å². The summed E-state index contributed by atoms with van der Waals surface area (Å²) in [6, 6.07) is 0.374. The van der Waals surface area contributed by atoms with Crippen molar-refractivity contribution in [2.75, 3.05) is 33.9 Å². The summed E-state index contributed by atoms with van der Waals surface area (Å²) in [5, 5.41) is 0. The fourth-order valence-electron chi connectivity index (χ4n) is 3.60. The van der Waals surface area contributed by atoms with Gasteiger partial charge in [-0.05, 0) is 26.3 Å². The molecule has 1 aliphatic carbocycles. The second-order valence-corrected chi connectivity index (χ2v) is 5.37. The van der Waals surface area contributed by atoms with Crippen LogP contribution in [0.25, 0.3) is 0 Å². The van der Waals surface area contributed by atoms with Crippen LogP contribution in [0.4, 0.5) is 0 Å². The van der Waals surface area contributed by atoms with Crippen molar-refractivity contribution in [2.24, 2.45) is 5.73 Å². The molecule has 0 radical (unpaired) electrons. The summed E-state index contributed by atoms with van der Waals surface area (Å²) in [5.74, 6) is 0. The van der Waals surface area contributed by atoms with Crippen LogP contribution in [0.2, 0.25) is 0 Å². The Balaban J connectivity index is 2.93. The molecule has 0 heterocycles. The predicted octanol–water partition coefficient (Wildman–Crippen LogP) is 1.63. The van der Waals surface area contributed by atoms with Crippen molar-refractivity contribution >= 4 is 0 Å². The monoisotopic (exact) mass is 258 g/mol. The smallest absolute Gasteiger partial charge is 0.0767 e. The zero-order valence-electron chi connectivity index (χ0n) is 12.4. The van der Waals surface area contributed by atoms with E-state index in [1.807, 2.05) is 7.11 Å². The first-order valence-corrected chi connectivity index (χ1v) is 7.14. The van der Waals surface area contributed by atoms with Gasteiger partial charge >= 0.3 is 0 Å². The lowest BCUT2D eigenvalue weighted by molar-refractivity contribution is -0.0955. The van der Waals surface area contributed by atoms with E-state index in [2.05, 4.69) is 18.7 Å². The number of likely N-dealkylation sites (N-methyl/N-ethyl adjacent to an activating group) is 1. The van der Waals surface area contributed by atoms with E-state index < -0.39 is 0 Å². The molecule has 0 aromatic heterocycles. The summed E-state index contributed by atoms with van der Waals surface area (Å²) < 4.78 is 11.1. The molecule has 4 nitrogen and oxygen atoms in total. The molecular formula is C14H30N2O2. The van der Waals surface area contributed by atoms with Crippen LogP contribution in [0, 0.1) is 0 Å².